The van der Waals surface area contributed by atoms with Crippen LogP contribution in [-0.2, 0) is 19.1 Å². The van der Waals surface area contributed by atoms with Crippen molar-refractivity contribution in [2.24, 2.45) is 0 Å². The maximum atomic E-state index is 12.7. The Hall–Kier alpha value is -1.16. The predicted octanol–water partition coefficient (Wildman–Crippen LogP) is 2.49. The van der Waals surface area contributed by atoms with Gasteiger partial charge in [-0.25, -0.2) is 0 Å². The van der Waals surface area contributed by atoms with Gasteiger partial charge in [-0.05, 0) is 6.42 Å². The van der Waals surface area contributed by atoms with Gasteiger partial charge >= 0.3 is 0 Å². The maximum Gasteiger partial charge on any atom is 0.272 e. The lowest BCUT2D eigenvalue weighted by Crippen LogP contribution is -2.56. The van der Waals surface area contributed by atoms with Gasteiger partial charge in [0.15, 0.2) is 4.32 Å². The minimum absolute atomic E-state index is 0.119. The van der Waals surface area contributed by atoms with Crippen LogP contribution in [0.15, 0.2) is 24.3 Å². The summed E-state index contributed by atoms with van der Waals surface area (Å²) in [6.07, 6.45) is 0.120. The van der Waals surface area contributed by atoms with Gasteiger partial charge in [0.05, 0.1) is 4.92 Å². The molecular weight excluding hydrogens is 450 g/mol. The molecule has 0 spiro atoms. The number of alkyl halides is 2. The second-order valence-electron chi connectivity index (χ2n) is 5.77. The van der Waals surface area contributed by atoms with E-state index in [1.165, 1.54) is 20.3 Å². The molecule has 3 rings (SSSR count). The molecule has 128 valence electrons. The molecule has 1 aromatic rings. The van der Waals surface area contributed by atoms with Crippen LogP contribution in [0.4, 0.5) is 5.69 Å². The number of carbonyl (C=O) groups is 2. The van der Waals surface area contributed by atoms with Crippen LogP contribution in [-0.4, -0.2) is 45.1 Å². The zero-order valence-electron chi connectivity index (χ0n) is 12.7. The predicted molar refractivity (Wildman–Crippen MR) is 90.5 cm³/mol. The van der Waals surface area contributed by atoms with Crippen LogP contribution in [0.2, 0.25) is 0 Å². The van der Waals surface area contributed by atoms with E-state index in [0.29, 0.717) is 5.56 Å². The van der Waals surface area contributed by atoms with Crippen LogP contribution in [0.1, 0.15) is 17.9 Å². The molecule has 0 heterocycles. The summed E-state index contributed by atoms with van der Waals surface area (Å²) in [5, 5.41) is 11.4. The first-order valence-electron chi connectivity index (χ1n) is 7.02. The van der Waals surface area contributed by atoms with Gasteiger partial charge in [0.25, 0.3) is 5.69 Å². The molecule has 0 unspecified atom stereocenters. The molecule has 0 saturated heterocycles. The van der Waals surface area contributed by atoms with Crippen molar-refractivity contribution in [1.29, 1.82) is 0 Å². The SMILES string of the molecule is COC1(OC)[C@@]2(Br)C[C@H](c3ccccc3[N+](=O)[O-])[C@]1(Br)C(=O)C2=O. The summed E-state index contributed by atoms with van der Waals surface area (Å²) in [5.41, 5.74) is 0.228. The first-order valence-corrected chi connectivity index (χ1v) is 8.60. The van der Waals surface area contributed by atoms with Gasteiger partial charge in [-0.3, -0.25) is 19.7 Å². The average Bonchev–Trinajstić information content (AvgIpc) is 2.85. The fourth-order valence-corrected chi connectivity index (χ4v) is 6.60. The molecule has 0 aromatic heterocycles. The summed E-state index contributed by atoms with van der Waals surface area (Å²) in [7, 11) is 2.67. The van der Waals surface area contributed by atoms with Gasteiger partial charge in [0, 0.05) is 31.8 Å². The lowest BCUT2D eigenvalue weighted by atomic mass is 9.81. The summed E-state index contributed by atoms with van der Waals surface area (Å²) < 4.78 is 8.04. The third-order valence-electron chi connectivity index (χ3n) is 4.95. The van der Waals surface area contributed by atoms with Crippen molar-refractivity contribution in [2.45, 2.75) is 26.8 Å². The van der Waals surface area contributed by atoms with E-state index < -0.39 is 36.8 Å². The van der Waals surface area contributed by atoms with Gasteiger partial charge in [0.1, 0.15) is 4.32 Å². The number of rotatable bonds is 4. The lowest BCUT2D eigenvalue weighted by molar-refractivity contribution is -0.385. The zero-order chi connectivity index (χ0) is 17.9. The molecular formula is C15H13Br2NO6. The number of hydrogen-bond donors (Lipinski definition) is 0. The van der Waals surface area contributed by atoms with Crippen molar-refractivity contribution >= 4 is 49.1 Å². The number of carbonyl (C=O) groups excluding carboxylic acids is 2. The topological polar surface area (TPSA) is 95.7 Å². The Morgan fingerprint density at radius 3 is 2.25 bits per heavy atom. The molecule has 9 heteroatoms. The molecule has 0 aliphatic heterocycles. The molecule has 2 saturated carbocycles. The second-order valence-corrected chi connectivity index (χ2v) is 8.37. The molecule has 24 heavy (non-hydrogen) atoms. The Bertz CT molecular complexity index is 764. The number of methoxy groups -OCH3 is 2. The monoisotopic (exact) mass is 461 g/mol. The highest BCUT2D eigenvalue weighted by Gasteiger charge is 2.85. The highest BCUT2D eigenvalue weighted by atomic mass is 79.9. The molecule has 2 aliphatic rings. The molecule has 2 fully saturated rings. The highest BCUT2D eigenvalue weighted by Crippen LogP contribution is 2.69. The summed E-state index contributed by atoms with van der Waals surface area (Å²) in [6, 6.07) is 6.15. The fourth-order valence-electron chi connectivity index (χ4n) is 3.95. The summed E-state index contributed by atoms with van der Waals surface area (Å²) in [5.74, 6) is -3.68. The smallest absolute Gasteiger partial charge is 0.272 e. The van der Waals surface area contributed by atoms with E-state index in [0.717, 1.165) is 0 Å². The number of nitrogens with zero attached hydrogens (tertiary/aromatic N) is 1. The van der Waals surface area contributed by atoms with Crippen molar-refractivity contribution in [3.8, 4) is 0 Å². The summed E-state index contributed by atoms with van der Waals surface area (Å²) >= 11 is 6.74. The molecule has 0 radical (unpaired) electrons. The Morgan fingerprint density at radius 1 is 1.17 bits per heavy atom. The largest absolute Gasteiger partial charge is 0.350 e. The summed E-state index contributed by atoms with van der Waals surface area (Å²) in [6.45, 7) is 0. The quantitative estimate of drug-likeness (QED) is 0.224. The van der Waals surface area contributed by atoms with Crippen molar-refractivity contribution in [3.05, 3.63) is 39.9 Å². The number of nitro benzene ring substituents is 1. The van der Waals surface area contributed by atoms with E-state index in [9.17, 15) is 19.7 Å². The highest BCUT2D eigenvalue weighted by molar-refractivity contribution is 9.11. The number of ether oxygens (including phenoxy) is 2. The van der Waals surface area contributed by atoms with E-state index in [1.54, 1.807) is 18.2 Å². The van der Waals surface area contributed by atoms with E-state index in [-0.39, 0.29) is 12.1 Å². The number of Topliss-reactive ketones (excluding diaryl/α,β-unsaturated/α-hetero) is 2. The standard InChI is InChI=1S/C15H13Br2NO6/c1-23-15(24-2)13(16)7-9(14(15,17)12(20)11(13)19)8-5-3-4-6-10(8)18(21)22/h3-6,9H,7H2,1-2H3/t9-,13-,14+/m1/s1. The minimum Gasteiger partial charge on any atom is -0.350 e. The Morgan fingerprint density at radius 2 is 1.75 bits per heavy atom. The second kappa shape index (κ2) is 5.42. The number of benzene rings is 1. The lowest BCUT2D eigenvalue weighted by Gasteiger charge is -2.38. The molecule has 7 nitrogen and oxygen atoms in total. The van der Waals surface area contributed by atoms with Crippen LogP contribution in [0.3, 0.4) is 0 Å². The van der Waals surface area contributed by atoms with Crippen LogP contribution in [0.5, 0.6) is 0 Å². The zero-order valence-corrected chi connectivity index (χ0v) is 15.9. The first kappa shape index (κ1) is 17.7. The third kappa shape index (κ3) is 1.73. The summed E-state index contributed by atoms with van der Waals surface area (Å²) in [4.78, 5) is 36.1. The number of nitro groups is 1. The molecule has 2 bridgehead atoms. The van der Waals surface area contributed by atoms with Crippen LogP contribution in [0, 0.1) is 10.1 Å². The van der Waals surface area contributed by atoms with Crippen LogP contribution >= 0.6 is 31.9 Å². The number of fused-ring (bicyclic) bond motifs is 2. The van der Waals surface area contributed by atoms with Gasteiger partial charge in [0.2, 0.25) is 17.4 Å². The molecule has 0 amide bonds. The van der Waals surface area contributed by atoms with Crippen molar-refractivity contribution in [2.75, 3.05) is 14.2 Å². The molecule has 0 N–H and O–H groups in total. The number of halogens is 2. The molecule has 2 aliphatic carbocycles. The van der Waals surface area contributed by atoms with E-state index >= 15 is 0 Å². The van der Waals surface area contributed by atoms with Gasteiger partial charge < -0.3 is 9.47 Å². The van der Waals surface area contributed by atoms with Crippen molar-refractivity contribution < 1.29 is 24.0 Å². The van der Waals surface area contributed by atoms with Gasteiger partial charge in [-0.2, -0.15) is 0 Å². The number of ketones is 2. The fraction of sp³-hybridized carbons (Fsp3) is 0.467. The Balaban J connectivity index is 2.27. The normalized spacial score (nSPS) is 33.9. The Kier molecular flexibility index (Phi) is 3.99. The van der Waals surface area contributed by atoms with Gasteiger partial charge in [-0.1, -0.05) is 50.1 Å². The van der Waals surface area contributed by atoms with Crippen molar-refractivity contribution in [1.82, 2.24) is 0 Å². The van der Waals surface area contributed by atoms with E-state index in [1.807, 2.05) is 0 Å². The third-order valence-corrected chi connectivity index (χ3v) is 7.59. The van der Waals surface area contributed by atoms with Crippen molar-refractivity contribution in [3.63, 3.8) is 0 Å². The first-order chi connectivity index (χ1) is 11.2. The Labute approximate surface area is 154 Å². The number of para-hydroxylation sites is 1. The molecule has 3 atom stereocenters. The van der Waals surface area contributed by atoms with E-state index in [4.69, 9.17) is 9.47 Å². The van der Waals surface area contributed by atoms with Gasteiger partial charge in [-0.15, -0.1) is 0 Å². The minimum atomic E-state index is -1.61. The van der Waals surface area contributed by atoms with Crippen LogP contribution < -0.4 is 0 Å². The maximum absolute atomic E-state index is 12.7. The molecule has 1 aromatic carbocycles. The van der Waals surface area contributed by atoms with E-state index in [2.05, 4.69) is 31.9 Å². The van der Waals surface area contributed by atoms with Crippen LogP contribution in [0.25, 0.3) is 0 Å². The number of hydrogen-bond acceptors (Lipinski definition) is 6. The average molecular weight is 463 g/mol.